The van der Waals surface area contributed by atoms with E-state index in [0.29, 0.717) is 6.47 Å². The summed E-state index contributed by atoms with van der Waals surface area (Å²) in [6.07, 6.45) is 4.28. The topological polar surface area (TPSA) is 64.5 Å². The third-order valence-electron chi connectivity index (χ3n) is 1.98. The zero-order chi connectivity index (χ0) is 11.0. The predicted molar refractivity (Wildman–Crippen MR) is 63.3 cm³/mol. The van der Waals surface area contributed by atoms with Crippen LogP contribution in [0.4, 0.5) is 0 Å². The highest BCUT2D eigenvalue weighted by Gasteiger charge is 2.07. The van der Waals surface area contributed by atoms with Crippen molar-refractivity contribution in [3.8, 4) is 0 Å². The zero-order valence-corrected chi connectivity index (χ0v) is 10.6. The second-order valence-corrected chi connectivity index (χ2v) is 4.69. The maximum absolute atomic E-state index is 9.60. The molecule has 0 aliphatic carbocycles. The molecule has 0 aromatic carbocycles. The van der Waals surface area contributed by atoms with Crippen LogP contribution in [-0.4, -0.2) is 37.1 Å². The van der Waals surface area contributed by atoms with Gasteiger partial charge in [-0.2, -0.15) is 0 Å². The van der Waals surface area contributed by atoms with Crippen LogP contribution in [0.1, 0.15) is 40.0 Å². The van der Waals surface area contributed by atoms with Gasteiger partial charge >= 0.3 is 0 Å². The van der Waals surface area contributed by atoms with E-state index in [2.05, 4.69) is 16.7 Å². The summed E-state index contributed by atoms with van der Waals surface area (Å²) in [5.74, 6) is 0. The average Bonchev–Trinajstić information content (AvgIpc) is 2.04. The number of carbonyl (C=O) groups is 1. The number of piperidine rings is 1. The first-order valence-electron chi connectivity index (χ1n) is 5.26. The molecule has 1 aliphatic rings. The van der Waals surface area contributed by atoms with Gasteiger partial charge in [-0.1, -0.05) is 6.42 Å². The normalized spacial score (nSPS) is 16.8. The molecular weight excluding hydrogens is 192 g/mol. The molecule has 3 N–H and O–H groups in total. The quantitative estimate of drug-likeness (QED) is 0.685. The molecular formula is C11H26N2O2. The lowest BCUT2D eigenvalue weighted by Crippen LogP contribution is -2.24. The second-order valence-electron chi connectivity index (χ2n) is 4.69. The molecule has 4 heteroatoms. The lowest BCUT2D eigenvalue weighted by atomic mass is 10.1. The van der Waals surface area contributed by atoms with Crippen LogP contribution in [0.3, 0.4) is 0 Å². The van der Waals surface area contributed by atoms with E-state index in [1.165, 1.54) is 32.4 Å². The van der Waals surface area contributed by atoms with Gasteiger partial charge in [0.2, 0.25) is 0 Å². The number of ether oxygens (including phenoxy) is 1. The van der Waals surface area contributed by atoms with Gasteiger partial charge in [-0.15, -0.1) is 0 Å². The fraction of sp³-hybridized carbons (Fsp3) is 0.909. The highest BCUT2D eigenvalue weighted by atomic mass is 16.5. The van der Waals surface area contributed by atoms with Crippen LogP contribution in [0.2, 0.25) is 0 Å². The predicted octanol–water partition coefficient (Wildman–Crippen LogP) is 2.22. The molecule has 15 heavy (non-hydrogen) atoms. The summed E-state index contributed by atoms with van der Waals surface area (Å²) >= 11 is 0. The van der Waals surface area contributed by atoms with Gasteiger partial charge in [0.15, 0.2) is 0 Å². The summed E-state index contributed by atoms with van der Waals surface area (Å²) in [4.78, 5) is 12.0. The number of rotatable bonds is 1. The maximum Gasteiger partial charge on any atom is 0.293 e. The molecule has 0 saturated carbocycles. The van der Waals surface area contributed by atoms with Crippen molar-refractivity contribution in [3.63, 3.8) is 0 Å². The van der Waals surface area contributed by atoms with Crippen LogP contribution < -0.4 is 6.15 Å². The van der Waals surface area contributed by atoms with Gasteiger partial charge < -0.3 is 15.8 Å². The van der Waals surface area contributed by atoms with E-state index in [-0.39, 0.29) is 11.8 Å². The van der Waals surface area contributed by atoms with Gasteiger partial charge in [-0.3, -0.25) is 4.79 Å². The Bertz CT molecular complexity index is 149. The molecule has 0 aromatic rings. The van der Waals surface area contributed by atoms with E-state index in [9.17, 15) is 4.79 Å². The Hall–Kier alpha value is -0.610. The van der Waals surface area contributed by atoms with Crippen molar-refractivity contribution in [1.82, 2.24) is 11.1 Å². The number of carbonyl (C=O) groups excluding carboxylic acids is 1. The Labute approximate surface area is 93.6 Å². The van der Waals surface area contributed by atoms with E-state index in [0.717, 1.165) is 0 Å². The second kappa shape index (κ2) is 8.68. The monoisotopic (exact) mass is 218 g/mol. The molecule has 4 nitrogen and oxygen atoms in total. The first kappa shape index (κ1) is 16.8. The molecule has 0 amide bonds. The summed E-state index contributed by atoms with van der Waals surface area (Å²) in [5, 5.41) is 0. The van der Waals surface area contributed by atoms with Crippen LogP contribution in [-0.2, 0) is 9.53 Å². The van der Waals surface area contributed by atoms with Gasteiger partial charge in [0.25, 0.3) is 6.47 Å². The first-order valence-corrected chi connectivity index (χ1v) is 5.26. The third-order valence-corrected chi connectivity index (χ3v) is 1.98. The van der Waals surface area contributed by atoms with Crippen LogP contribution in [0.25, 0.3) is 0 Å². The van der Waals surface area contributed by atoms with Crippen molar-refractivity contribution in [2.45, 2.75) is 45.6 Å². The molecule has 1 aliphatic heterocycles. The molecule has 0 unspecified atom stereocenters. The van der Waals surface area contributed by atoms with Crippen molar-refractivity contribution in [2.75, 3.05) is 20.1 Å². The number of hydrogen-bond donors (Lipinski definition) is 1. The van der Waals surface area contributed by atoms with E-state index >= 15 is 0 Å². The van der Waals surface area contributed by atoms with Gasteiger partial charge in [0.05, 0.1) is 0 Å². The maximum atomic E-state index is 9.60. The van der Waals surface area contributed by atoms with E-state index in [4.69, 9.17) is 0 Å². The molecule has 0 radical (unpaired) electrons. The zero-order valence-electron chi connectivity index (χ0n) is 10.6. The molecule has 1 fully saturated rings. The van der Waals surface area contributed by atoms with Crippen molar-refractivity contribution in [1.29, 1.82) is 0 Å². The van der Waals surface area contributed by atoms with Crippen molar-refractivity contribution < 1.29 is 9.53 Å². The Morgan fingerprint density at radius 2 is 1.60 bits per heavy atom. The van der Waals surface area contributed by atoms with Crippen molar-refractivity contribution in [3.05, 3.63) is 0 Å². The highest BCUT2D eigenvalue weighted by molar-refractivity contribution is 5.37. The van der Waals surface area contributed by atoms with Crippen LogP contribution in [0, 0.1) is 0 Å². The fourth-order valence-corrected chi connectivity index (χ4v) is 1.20. The highest BCUT2D eigenvalue weighted by Crippen LogP contribution is 2.04. The fourth-order valence-electron chi connectivity index (χ4n) is 1.20. The molecule has 0 atom stereocenters. The Morgan fingerprint density at radius 3 is 1.73 bits per heavy atom. The molecule has 0 aromatic heterocycles. The number of nitrogens with zero attached hydrogens (tertiary/aromatic N) is 1. The number of likely N-dealkylation sites (tertiary alicyclic amines) is 1. The van der Waals surface area contributed by atoms with Gasteiger partial charge in [-0.05, 0) is 53.8 Å². The van der Waals surface area contributed by atoms with Crippen molar-refractivity contribution in [2.24, 2.45) is 0 Å². The lowest BCUT2D eigenvalue weighted by Gasteiger charge is -2.20. The van der Waals surface area contributed by atoms with Gasteiger partial charge in [-0.25, -0.2) is 0 Å². The molecule has 1 rings (SSSR count). The minimum atomic E-state index is -0.318. The molecule has 1 saturated heterocycles. The summed E-state index contributed by atoms with van der Waals surface area (Å²) in [7, 11) is 2.19. The largest absolute Gasteiger partial charge is 0.462 e. The van der Waals surface area contributed by atoms with Gasteiger partial charge in [0, 0.05) is 0 Å². The van der Waals surface area contributed by atoms with Crippen LogP contribution >= 0.6 is 0 Å². The minimum absolute atomic E-state index is 0. The summed E-state index contributed by atoms with van der Waals surface area (Å²) in [6.45, 7) is 8.56. The van der Waals surface area contributed by atoms with Gasteiger partial charge in [0.1, 0.15) is 5.60 Å². The average molecular weight is 218 g/mol. The van der Waals surface area contributed by atoms with E-state index in [1.54, 1.807) is 0 Å². The SMILES string of the molecule is CC(C)(C)OC=O.CN1CCCCC1.N. The minimum Gasteiger partial charge on any atom is -0.462 e. The Morgan fingerprint density at radius 1 is 1.13 bits per heavy atom. The summed E-state index contributed by atoms with van der Waals surface area (Å²) in [5.41, 5.74) is -0.318. The summed E-state index contributed by atoms with van der Waals surface area (Å²) in [6, 6.07) is 0. The Kier molecular flexibility index (Phi) is 9.72. The Balaban J connectivity index is 0. The molecule has 0 spiro atoms. The standard InChI is InChI=1S/C6H13N.C5H10O2.H3N/c1-7-5-3-2-4-6-7;1-5(2,3)7-4-6;/h2-6H2,1H3;4H,1-3H3;1H3. The summed E-state index contributed by atoms with van der Waals surface area (Å²) < 4.78 is 4.55. The smallest absolute Gasteiger partial charge is 0.293 e. The molecule has 1 heterocycles. The third kappa shape index (κ3) is 13.4. The van der Waals surface area contributed by atoms with Crippen LogP contribution in [0.15, 0.2) is 0 Å². The van der Waals surface area contributed by atoms with E-state index in [1.807, 2.05) is 20.8 Å². The van der Waals surface area contributed by atoms with Crippen molar-refractivity contribution >= 4 is 6.47 Å². The number of hydrogen-bond acceptors (Lipinski definition) is 4. The molecule has 0 bridgehead atoms. The molecule has 92 valence electrons. The van der Waals surface area contributed by atoms with Crippen LogP contribution in [0.5, 0.6) is 0 Å². The van der Waals surface area contributed by atoms with E-state index < -0.39 is 0 Å². The first-order chi connectivity index (χ1) is 6.45. The lowest BCUT2D eigenvalue weighted by molar-refractivity contribution is -0.138.